The first kappa shape index (κ1) is 17.8. The molecule has 0 fully saturated rings. The quantitative estimate of drug-likeness (QED) is 0.487. The van der Waals surface area contributed by atoms with Crippen LogP contribution in [0.25, 0.3) is 0 Å². The molecule has 0 radical (unpaired) electrons. The number of carboxylic acids is 1. The third kappa shape index (κ3) is 9.31. The number of carbonyl (C=O) groups is 3. The van der Waals surface area contributed by atoms with Crippen LogP contribution >= 0.6 is 0 Å². The van der Waals surface area contributed by atoms with Crippen LogP contribution < -0.4 is 16.8 Å². The standard InChI is InChI=1S/C8H15N3O4.C2H6/c1-4(9)7(13)11-5(8(14)15)2-3-6(10)12;1-2/h4-5H,2-3,9H2,1H3,(H2,10,12)(H,11,13)(H,14,15);1-2H3/t4-,5-;/m0./s1. The number of aliphatic carboxylic acids is 1. The Kier molecular flexibility index (Phi) is 10.0. The van der Waals surface area contributed by atoms with E-state index in [1.54, 1.807) is 0 Å². The molecule has 0 aromatic heterocycles. The number of carboxylic acid groups (broad SMARTS) is 1. The van der Waals surface area contributed by atoms with Crippen LogP contribution in [0.3, 0.4) is 0 Å². The summed E-state index contributed by atoms with van der Waals surface area (Å²) in [6.45, 7) is 5.43. The zero-order valence-electron chi connectivity index (χ0n) is 10.4. The Bertz CT molecular complexity index is 266. The van der Waals surface area contributed by atoms with E-state index in [1.807, 2.05) is 13.8 Å². The third-order valence-electron chi connectivity index (χ3n) is 1.71. The molecule has 0 aromatic rings. The zero-order chi connectivity index (χ0) is 14.0. The Morgan fingerprint density at radius 2 is 1.76 bits per heavy atom. The first-order valence-electron chi connectivity index (χ1n) is 5.41. The predicted octanol–water partition coefficient (Wildman–Crippen LogP) is -0.805. The van der Waals surface area contributed by atoms with Gasteiger partial charge in [-0.15, -0.1) is 0 Å². The van der Waals surface area contributed by atoms with Gasteiger partial charge in [0.15, 0.2) is 0 Å². The summed E-state index contributed by atoms with van der Waals surface area (Å²) in [7, 11) is 0. The van der Waals surface area contributed by atoms with E-state index in [-0.39, 0.29) is 12.8 Å². The summed E-state index contributed by atoms with van der Waals surface area (Å²) in [5.41, 5.74) is 10.1. The topological polar surface area (TPSA) is 136 Å². The van der Waals surface area contributed by atoms with Crippen molar-refractivity contribution in [1.29, 1.82) is 0 Å². The lowest BCUT2D eigenvalue weighted by atomic mass is 10.1. The maximum absolute atomic E-state index is 11.1. The van der Waals surface area contributed by atoms with E-state index in [0.717, 1.165) is 0 Å². The molecule has 0 rings (SSSR count). The molecule has 0 unspecified atom stereocenters. The summed E-state index contributed by atoms with van der Waals surface area (Å²) in [6, 6.07) is -1.92. The first-order chi connectivity index (χ1) is 7.84. The number of primary amides is 1. The van der Waals surface area contributed by atoms with Crippen molar-refractivity contribution in [1.82, 2.24) is 5.32 Å². The van der Waals surface area contributed by atoms with E-state index in [1.165, 1.54) is 6.92 Å². The monoisotopic (exact) mass is 247 g/mol. The molecule has 0 saturated heterocycles. The molecule has 7 heteroatoms. The van der Waals surface area contributed by atoms with Crippen molar-refractivity contribution in [3.8, 4) is 0 Å². The molecule has 100 valence electrons. The molecule has 0 aliphatic rings. The fourth-order valence-corrected chi connectivity index (χ4v) is 0.847. The van der Waals surface area contributed by atoms with Crippen molar-refractivity contribution in [2.24, 2.45) is 11.5 Å². The molecule has 2 atom stereocenters. The normalized spacial score (nSPS) is 12.7. The van der Waals surface area contributed by atoms with Gasteiger partial charge in [-0.05, 0) is 13.3 Å². The van der Waals surface area contributed by atoms with Crippen molar-refractivity contribution < 1.29 is 19.5 Å². The van der Waals surface area contributed by atoms with Crippen LogP contribution in [0.15, 0.2) is 0 Å². The number of nitrogens with two attached hydrogens (primary N) is 2. The van der Waals surface area contributed by atoms with Gasteiger partial charge in [0, 0.05) is 6.42 Å². The smallest absolute Gasteiger partial charge is 0.326 e. The maximum atomic E-state index is 11.1. The minimum absolute atomic E-state index is 0.0386. The molecule has 0 aromatic carbocycles. The van der Waals surface area contributed by atoms with Crippen molar-refractivity contribution in [2.75, 3.05) is 0 Å². The minimum atomic E-state index is -1.22. The summed E-state index contributed by atoms with van der Waals surface area (Å²) < 4.78 is 0. The van der Waals surface area contributed by atoms with E-state index in [0.29, 0.717) is 0 Å². The molecular formula is C10H21N3O4. The highest BCUT2D eigenvalue weighted by atomic mass is 16.4. The largest absolute Gasteiger partial charge is 0.480 e. The van der Waals surface area contributed by atoms with E-state index in [9.17, 15) is 14.4 Å². The van der Waals surface area contributed by atoms with E-state index in [2.05, 4.69) is 5.32 Å². The number of hydrogen-bond acceptors (Lipinski definition) is 4. The van der Waals surface area contributed by atoms with Crippen LogP contribution in [0.2, 0.25) is 0 Å². The fourth-order valence-electron chi connectivity index (χ4n) is 0.847. The summed E-state index contributed by atoms with van der Waals surface area (Å²) in [4.78, 5) is 32.2. The molecule has 7 nitrogen and oxygen atoms in total. The molecule has 0 spiro atoms. The molecular weight excluding hydrogens is 226 g/mol. The highest BCUT2D eigenvalue weighted by Gasteiger charge is 2.21. The minimum Gasteiger partial charge on any atom is -0.480 e. The van der Waals surface area contributed by atoms with Gasteiger partial charge in [0.25, 0.3) is 0 Å². The van der Waals surface area contributed by atoms with E-state index < -0.39 is 29.9 Å². The Hall–Kier alpha value is -1.63. The summed E-state index contributed by atoms with van der Waals surface area (Å²) >= 11 is 0. The lowest BCUT2D eigenvalue weighted by Gasteiger charge is -2.14. The van der Waals surface area contributed by atoms with Gasteiger partial charge in [0.1, 0.15) is 6.04 Å². The molecule has 2 amide bonds. The number of amides is 2. The lowest BCUT2D eigenvalue weighted by molar-refractivity contribution is -0.142. The van der Waals surface area contributed by atoms with Crippen molar-refractivity contribution >= 4 is 17.8 Å². The Balaban J connectivity index is 0. The molecule has 17 heavy (non-hydrogen) atoms. The summed E-state index contributed by atoms with van der Waals surface area (Å²) in [6.07, 6.45) is -0.140. The number of hydrogen-bond donors (Lipinski definition) is 4. The van der Waals surface area contributed by atoms with Gasteiger partial charge >= 0.3 is 5.97 Å². The fraction of sp³-hybridized carbons (Fsp3) is 0.700. The van der Waals surface area contributed by atoms with Crippen LogP contribution in [0.5, 0.6) is 0 Å². The van der Waals surface area contributed by atoms with Crippen LogP contribution in [0.1, 0.15) is 33.6 Å². The number of nitrogens with one attached hydrogen (secondary N) is 1. The van der Waals surface area contributed by atoms with Gasteiger partial charge in [-0.3, -0.25) is 9.59 Å². The predicted molar refractivity (Wildman–Crippen MR) is 63.0 cm³/mol. The second-order valence-corrected chi connectivity index (χ2v) is 3.19. The van der Waals surface area contributed by atoms with Gasteiger partial charge in [-0.1, -0.05) is 13.8 Å². The highest BCUT2D eigenvalue weighted by Crippen LogP contribution is 1.97. The van der Waals surface area contributed by atoms with Gasteiger partial charge in [-0.25, -0.2) is 4.79 Å². The Morgan fingerprint density at radius 3 is 2.06 bits per heavy atom. The second-order valence-electron chi connectivity index (χ2n) is 3.19. The molecule has 0 bridgehead atoms. The van der Waals surface area contributed by atoms with Crippen LogP contribution in [-0.4, -0.2) is 35.0 Å². The van der Waals surface area contributed by atoms with Crippen LogP contribution in [0.4, 0.5) is 0 Å². The van der Waals surface area contributed by atoms with Crippen molar-refractivity contribution in [2.45, 2.75) is 45.7 Å². The average molecular weight is 247 g/mol. The van der Waals surface area contributed by atoms with E-state index >= 15 is 0 Å². The Morgan fingerprint density at radius 1 is 1.29 bits per heavy atom. The molecule has 6 N–H and O–H groups in total. The molecule has 0 heterocycles. The summed E-state index contributed by atoms with van der Waals surface area (Å²) in [5.74, 6) is -2.41. The molecule has 0 saturated carbocycles. The number of rotatable bonds is 6. The molecule has 0 aliphatic heterocycles. The molecule has 0 aliphatic carbocycles. The SMILES string of the molecule is CC.C[C@H](N)C(=O)N[C@@H](CCC(N)=O)C(=O)O. The second kappa shape index (κ2) is 9.59. The van der Waals surface area contributed by atoms with Gasteiger partial charge in [0.2, 0.25) is 11.8 Å². The Labute approximate surface area is 101 Å². The highest BCUT2D eigenvalue weighted by molar-refractivity contribution is 5.86. The zero-order valence-corrected chi connectivity index (χ0v) is 10.4. The van der Waals surface area contributed by atoms with Gasteiger partial charge in [0.05, 0.1) is 6.04 Å². The van der Waals surface area contributed by atoms with Crippen molar-refractivity contribution in [3.05, 3.63) is 0 Å². The van der Waals surface area contributed by atoms with Crippen LogP contribution in [-0.2, 0) is 14.4 Å². The van der Waals surface area contributed by atoms with Crippen LogP contribution in [0, 0.1) is 0 Å². The maximum Gasteiger partial charge on any atom is 0.326 e. The number of carbonyl (C=O) groups excluding carboxylic acids is 2. The van der Waals surface area contributed by atoms with Gasteiger partial charge in [-0.2, -0.15) is 0 Å². The average Bonchev–Trinajstić information content (AvgIpc) is 2.25. The third-order valence-corrected chi connectivity index (χ3v) is 1.71. The van der Waals surface area contributed by atoms with Crippen molar-refractivity contribution in [3.63, 3.8) is 0 Å². The summed E-state index contributed by atoms with van der Waals surface area (Å²) in [5, 5.41) is 10.9. The van der Waals surface area contributed by atoms with Gasteiger partial charge < -0.3 is 21.9 Å². The van der Waals surface area contributed by atoms with E-state index in [4.69, 9.17) is 16.6 Å². The first-order valence-corrected chi connectivity index (χ1v) is 5.41. The lowest BCUT2D eigenvalue weighted by Crippen LogP contribution is -2.47.